The molecule has 2 atom stereocenters. The summed E-state index contributed by atoms with van der Waals surface area (Å²) in [4.78, 5) is 0. The Balaban J connectivity index is 3.01. The number of nitrogens with one attached hydrogen (secondary N) is 1. The maximum Gasteiger partial charge on any atom is 0.143 e. The lowest BCUT2D eigenvalue weighted by atomic mass is 9.93. The molecule has 1 aromatic carbocycles. The van der Waals surface area contributed by atoms with E-state index in [1.54, 1.807) is 7.05 Å². The van der Waals surface area contributed by atoms with Crippen molar-refractivity contribution in [2.45, 2.75) is 39.3 Å². The minimum atomic E-state index is -0.538. The van der Waals surface area contributed by atoms with Crippen LogP contribution in [-0.4, -0.2) is 25.8 Å². The fraction of sp³-hybridized carbons (Fsp3) is 0.600. The smallest absolute Gasteiger partial charge is 0.143 e. The monoisotopic (exact) mass is 349 g/mol. The first-order valence-electron chi connectivity index (χ1n) is 6.83. The molecule has 5 heteroatoms. The molecule has 0 aliphatic heterocycles. The molecule has 2 nitrogen and oxygen atoms in total. The Morgan fingerprint density at radius 3 is 2.45 bits per heavy atom. The third-order valence-corrected chi connectivity index (χ3v) is 3.96. The van der Waals surface area contributed by atoms with E-state index in [-0.39, 0.29) is 34.5 Å². The van der Waals surface area contributed by atoms with Gasteiger partial charge in [0.25, 0.3) is 0 Å². The minimum Gasteiger partial charge on any atom is -0.377 e. The molecular formula is C15H22BrF2NO. The van der Waals surface area contributed by atoms with Gasteiger partial charge in [0.15, 0.2) is 0 Å². The van der Waals surface area contributed by atoms with Crippen molar-refractivity contribution >= 4 is 15.9 Å². The molecule has 1 N–H and O–H groups in total. The van der Waals surface area contributed by atoms with E-state index in [0.717, 1.165) is 0 Å². The lowest BCUT2D eigenvalue weighted by Gasteiger charge is -2.30. The van der Waals surface area contributed by atoms with Crippen LogP contribution in [0.15, 0.2) is 16.6 Å². The van der Waals surface area contributed by atoms with Crippen LogP contribution in [0.2, 0.25) is 0 Å². The topological polar surface area (TPSA) is 21.3 Å². The summed E-state index contributed by atoms with van der Waals surface area (Å²) in [7, 11) is 1.78. The summed E-state index contributed by atoms with van der Waals surface area (Å²) in [5.74, 6) is -0.806. The Labute approximate surface area is 128 Å². The average molecular weight is 350 g/mol. The number of hydrogen-bond acceptors (Lipinski definition) is 2. The largest absolute Gasteiger partial charge is 0.377 e. The normalized spacial score (nSPS) is 14.6. The second kappa shape index (κ2) is 8.05. The average Bonchev–Trinajstić information content (AvgIpc) is 2.41. The highest BCUT2D eigenvalue weighted by atomic mass is 79.9. The highest BCUT2D eigenvalue weighted by Crippen LogP contribution is 2.24. The molecule has 1 aromatic rings. The molecule has 0 bridgehead atoms. The summed E-state index contributed by atoms with van der Waals surface area (Å²) in [6.45, 7) is 6.57. The Hall–Kier alpha value is -0.520. The molecule has 0 aliphatic carbocycles. The predicted octanol–water partition coefficient (Wildman–Crippen LogP) is 3.92. The zero-order valence-corrected chi connectivity index (χ0v) is 13.9. The lowest BCUT2D eigenvalue weighted by molar-refractivity contribution is 0.00501. The van der Waals surface area contributed by atoms with Crippen LogP contribution in [0.1, 0.15) is 26.3 Å². The third kappa shape index (κ3) is 4.24. The van der Waals surface area contributed by atoms with Gasteiger partial charge in [0, 0.05) is 18.2 Å². The van der Waals surface area contributed by atoms with E-state index >= 15 is 0 Å². The first kappa shape index (κ1) is 17.5. The first-order chi connectivity index (χ1) is 9.42. The maximum atomic E-state index is 14.1. The van der Waals surface area contributed by atoms with Gasteiger partial charge in [-0.25, -0.2) is 8.78 Å². The van der Waals surface area contributed by atoms with Crippen molar-refractivity contribution in [2.24, 2.45) is 5.92 Å². The quantitative estimate of drug-likeness (QED) is 0.753. The van der Waals surface area contributed by atoms with Crippen molar-refractivity contribution in [2.75, 3.05) is 13.7 Å². The van der Waals surface area contributed by atoms with E-state index < -0.39 is 11.6 Å². The van der Waals surface area contributed by atoms with E-state index in [4.69, 9.17) is 4.74 Å². The maximum absolute atomic E-state index is 14.1. The van der Waals surface area contributed by atoms with Crippen LogP contribution in [-0.2, 0) is 11.2 Å². The van der Waals surface area contributed by atoms with Crippen molar-refractivity contribution in [1.29, 1.82) is 0 Å². The predicted molar refractivity (Wildman–Crippen MR) is 80.9 cm³/mol. The molecule has 20 heavy (non-hydrogen) atoms. The molecule has 2 unspecified atom stereocenters. The van der Waals surface area contributed by atoms with Crippen LogP contribution in [0.5, 0.6) is 0 Å². The molecule has 0 amide bonds. The molecule has 0 radical (unpaired) electrons. The van der Waals surface area contributed by atoms with E-state index in [2.05, 4.69) is 21.2 Å². The summed E-state index contributed by atoms with van der Waals surface area (Å²) >= 11 is 3.10. The van der Waals surface area contributed by atoms with E-state index in [9.17, 15) is 8.78 Å². The van der Waals surface area contributed by atoms with Gasteiger partial charge in [0.05, 0.1) is 10.6 Å². The van der Waals surface area contributed by atoms with Gasteiger partial charge >= 0.3 is 0 Å². The summed E-state index contributed by atoms with van der Waals surface area (Å²) < 4.78 is 33.9. The molecular weight excluding hydrogens is 328 g/mol. The number of benzene rings is 1. The fourth-order valence-corrected chi connectivity index (χ4v) is 2.70. The summed E-state index contributed by atoms with van der Waals surface area (Å²) in [6, 6.07) is 2.51. The minimum absolute atomic E-state index is 0.0871. The highest BCUT2D eigenvalue weighted by molar-refractivity contribution is 9.10. The van der Waals surface area contributed by atoms with E-state index in [1.165, 1.54) is 12.1 Å². The van der Waals surface area contributed by atoms with Crippen LogP contribution in [0, 0.1) is 17.6 Å². The van der Waals surface area contributed by atoms with E-state index in [1.807, 2.05) is 20.8 Å². The van der Waals surface area contributed by atoms with Gasteiger partial charge in [-0.1, -0.05) is 13.8 Å². The molecule has 0 spiro atoms. The van der Waals surface area contributed by atoms with E-state index in [0.29, 0.717) is 6.61 Å². The van der Waals surface area contributed by atoms with Crippen LogP contribution >= 0.6 is 15.9 Å². The lowest BCUT2D eigenvalue weighted by Crippen LogP contribution is -2.44. The zero-order valence-electron chi connectivity index (χ0n) is 12.3. The van der Waals surface area contributed by atoms with Crippen molar-refractivity contribution in [3.05, 3.63) is 33.8 Å². The van der Waals surface area contributed by atoms with Crippen molar-refractivity contribution in [3.63, 3.8) is 0 Å². The fourth-order valence-electron chi connectivity index (χ4n) is 2.32. The molecule has 0 fully saturated rings. The number of halogens is 3. The van der Waals surface area contributed by atoms with Crippen LogP contribution in [0.4, 0.5) is 8.78 Å². The number of ether oxygens (including phenoxy) is 1. The molecule has 1 rings (SSSR count). The zero-order chi connectivity index (χ0) is 15.3. The summed E-state index contributed by atoms with van der Waals surface area (Å²) in [5.41, 5.74) is 0.0871. The van der Waals surface area contributed by atoms with Gasteiger partial charge in [-0.05, 0) is 54.4 Å². The van der Waals surface area contributed by atoms with Gasteiger partial charge in [-0.2, -0.15) is 0 Å². The van der Waals surface area contributed by atoms with Crippen LogP contribution in [0.25, 0.3) is 0 Å². The molecule has 0 saturated carbocycles. The Morgan fingerprint density at radius 2 is 1.95 bits per heavy atom. The molecule has 0 heterocycles. The number of rotatable bonds is 7. The standard InChI is InChI=1S/C15H22BrF2NO/c1-5-20-15(9(2)3)13(19-4)8-10-12(17)7-6-11(16)14(10)18/h6-7,9,13,15,19H,5,8H2,1-4H3. The van der Waals surface area contributed by atoms with Gasteiger partial charge in [0.2, 0.25) is 0 Å². The second-order valence-corrected chi connectivity index (χ2v) is 5.94. The summed E-state index contributed by atoms with van der Waals surface area (Å²) in [6.07, 6.45) is 0.152. The second-order valence-electron chi connectivity index (χ2n) is 5.09. The number of likely N-dealkylation sites (N-methyl/N-ethyl adjacent to an activating group) is 1. The van der Waals surface area contributed by atoms with Crippen molar-refractivity contribution in [1.82, 2.24) is 5.32 Å². The van der Waals surface area contributed by atoms with Crippen molar-refractivity contribution in [3.8, 4) is 0 Å². The Kier molecular flexibility index (Phi) is 7.06. The van der Waals surface area contributed by atoms with Gasteiger partial charge in [-0.15, -0.1) is 0 Å². The Morgan fingerprint density at radius 1 is 1.30 bits per heavy atom. The Bertz CT molecular complexity index is 440. The molecule has 114 valence electrons. The molecule has 0 aromatic heterocycles. The SMILES string of the molecule is CCOC(C(C)C)C(Cc1c(F)ccc(Br)c1F)NC. The number of hydrogen-bond donors (Lipinski definition) is 1. The van der Waals surface area contributed by atoms with Gasteiger partial charge < -0.3 is 10.1 Å². The van der Waals surface area contributed by atoms with Crippen LogP contribution in [0.3, 0.4) is 0 Å². The third-order valence-electron chi connectivity index (χ3n) is 3.35. The first-order valence-corrected chi connectivity index (χ1v) is 7.62. The van der Waals surface area contributed by atoms with Crippen LogP contribution < -0.4 is 5.32 Å². The molecule has 0 saturated heterocycles. The summed E-state index contributed by atoms with van der Waals surface area (Å²) in [5, 5.41) is 3.12. The van der Waals surface area contributed by atoms with Gasteiger partial charge in [0.1, 0.15) is 11.6 Å². The molecule has 0 aliphatic rings. The van der Waals surface area contributed by atoms with Gasteiger partial charge in [-0.3, -0.25) is 0 Å². The van der Waals surface area contributed by atoms with Crippen molar-refractivity contribution < 1.29 is 13.5 Å². The highest BCUT2D eigenvalue weighted by Gasteiger charge is 2.26.